The van der Waals surface area contributed by atoms with Gasteiger partial charge in [0.05, 0.1) is 18.3 Å². The van der Waals surface area contributed by atoms with Crippen LogP contribution in [0.3, 0.4) is 0 Å². The Hall–Kier alpha value is -1.88. The molecule has 4 nitrogen and oxygen atoms in total. The van der Waals surface area contributed by atoms with E-state index in [1.165, 1.54) is 6.07 Å². The molecule has 1 fully saturated rings. The fraction of sp³-hybridized carbons (Fsp3) is 0.412. The second-order valence-electron chi connectivity index (χ2n) is 6.17. The number of hydrogen-bond acceptors (Lipinski definition) is 2. The normalized spacial score (nSPS) is 14.3. The third-order valence-electron chi connectivity index (χ3n) is 4.02. The molecule has 0 spiro atoms. The van der Waals surface area contributed by atoms with E-state index in [0.29, 0.717) is 16.1 Å². The first-order valence-corrected chi connectivity index (χ1v) is 8.13. The molecule has 1 saturated carbocycles. The van der Waals surface area contributed by atoms with Crippen molar-refractivity contribution in [3.05, 3.63) is 52.6 Å². The maximum Gasteiger partial charge on any atom is 0.257 e. The van der Waals surface area contributed by atoms with Gasteiger partial charge in [-0.15, -0.1) is 0 Å². The molecule has 0 aliphatic heterocycles. The van der Waals surface area contributed by atoms with Crippen molar-refractivity contribution < 1.29 is 9.18 Å². The topological polar surface area (TPSA) is 38.1 Å². The number of carbonyl (C=O) groups is 1. The Bertz CT molecular complexity index is 704. The van der Waals surface area contributed by atoms with Crippen molar-refractivity contribution in [2.75, 3.05) is 0 Å². The van der Waals surface area contributed by atoms with E-state index in [1.54, 1.807) is 34.1 Å². The van der Waals surface area contributed by atoms with Gasteiger partial charge < -0.3 is 4.90 Å². The molecule has 0 unspecified atom stereocenters. The zero-order valence-corrected chi connectivity index (χ0v) is 13.9. The molecule has 0 atom stereocenters. The Morgan fingerprint density at radius 1 is 1.48 bits per heavy atom. The first-order chi connectivity index (χ1) is 11.0. The van der Waals surface area contributed by atoms with Gasteiger partial charge in [-0.2, -0.15) is 5.10 Å². The molecule has 1 aliphatic rings. The lowest BCUT2D eigenvalue weighted by molar-refractivity contribution is 0.0728. The van der Waals surface area contributed by atoms with Crippen LogP contribution in [0.4, 0.5) is 4.39 Å². The van der Waals surface area contributed by atoms with Crippen LogP contribution in [-0.4, -0.2) is 26.6 Å². The highest BCUT2D eigenvalue weighted by Gasteiger charge is 2.34. The van der Waals surface area contributed by atoms with Crippen LogP contribution in [0.25, 0.3) is 0 Å². The summed E-state index contributed by atoms with van der Waals surface area (Å²) in [6.45, 7) is 4.18. The average Bonchev–Trinajstić information content (AvgIpc) is 3.21. The van der Waals surface area contributed by atoms with Gasteiger partial charge in [0.15, 0.2) is 0 Å². The summed E-state index contributed by atoms with van der Waals surface area (Å²) in [5.41, 5.74) is 0.892. The molecule has 1 amide bonds. The smallest absolute Gasteiger partial charge is 0.257 e. The third kappa shape index (κ3) is 3.39. The van der Waals surface area contributed by atoms with Crippen LogP contribution in [0.5, 0.6) is 0 Å². The van der Waals surface area contributed by atoms with Gasteiger partial charge in [0.2, 0.25) is 0 Å². The van der Waals surface area contributed by atoms with E-state index in [0.717, 1.165) is 12.8 Å². The third-order valence-corrected chi connectivity index (χ3v) is 4.37. The maximum atomic E-state index is 14.0. The summed E-state index contributed by atoms with van der Waals surface area (Å²) < 4.78 is 15.8. The van der Waals surface area contributed by atoms with Gasteiger partial charge in [-0.05, 0) is 38.8 Å². The highest BCUT2D eigenvalue weighted by Crippen LogP contribution is 2.32. The number of aromatic nitrogens is 2. The number of benzene rings is 1. The quantitative estimate of drug-likeness (QED) is 0.826. The highest BCUT2D eigenvalue weighted by atomic mass is 35.5. The number of nitrogens with zero attached hydrogens (tertiary/aromatic N) is 3. The van der Waals surface area contributed by atoms with Crippen LogP contribution in [0.15, 0.2) is 30.6 Å². The predicted molar refractivity (Wildman–Crippen MR) is 86.9 cm³/mol. The van der Waals surface area contributed by atoms with E-state index in [9.17, 15) is 9.18 Å². The minimum atomic E-state index is -0.381. The Labute approximate surface area is 139 Å². The Morgan fingerprint density at radius 2 is 2.22 bits per heavy atom. The molecule has 0 N–H and O–H groups in total. The van der Waals surface area contributed by atoms with Crippen LogP contribution in [0.2, 0.25) is 5.02 Å². The Balaban J connectivity index is 1.85. The van der Waals surface area contributed by atoms with Gasteiger partial charge in [-0.3, -0.25) is 9.48 Å². The molecular formula is C17H19ClFN3O. The summed E-state index contributed by atoms with van der Waals surface area (Å²) in [7, 11) is 0. The van der Waals surface area contributed by atoms with Gasteiger partial charge in [-0.25, -0.2) is 4.39 Å². The standard InChI is InChI=1S/C17H19ClFN3O/c1-11(2)22-9-12(8-20-22)17(23)21(13-6-7-13)10-14-15(18)4-3-5-16(14)19/h3-5,8-9,11,13H,6-7,10H2,1-2H3. The predicted octanol–water partition coefficient (Wildman–Crippen LogP) is 4.06. The molecule has 3 rings (SSSR count). The van der Waals surface area contributed by atoms with Gasteiger partial charge in [0.1, 0.15) is 5.82 Å². The van der Waals surface area contributed by atoms with E-state index < -0.39 is 0 Å². The first kappa shape index (κ1) is 16.0. The summed E-state index contributed by atoms with van der Waals surface area (Å²) in [5.74, 6) is -0.507. The van der Waals surface area contributed by atoms with Crippen molar-refractivity contribution in [1.82, 2.24) is 14.7 Å². The zero-order valence-electron chi connectivity index (χ0n) is 13.2. The average molecular weight is 336 g/mol. The molecule has 2 aromatic rings. The summed E-state index contributed by atoms with van der Waals surface area (Å²) >= 11 is 6.10. The largest absolute Gasteiger partial charge is 0.331 e. The molecule has 1 heterocycles. The van der Waals surface area contributed by atoms with Crippen molar-refractivity contribution >= 4 is 17.5 Å². The highest BCUT2D eigenvalue weighted by molar-refractivity contribution is 6.31. The molecule has 0 radical (unpaired) electrons. The van der Waals surface area contributed by atoms with Crippen LogP contribution in [-0.2, 0) is 6.54 Å². The van der Waals surface area contributed by atoms with Crippen molar-refractivity contribution in [3.8, 4) is 0 Å². The number of hydrogen-bond donors (Lipinski definition) is 0. The molecule has 122 valence electrons. The molecule has 1 aromatic carbocycles. The van der Waals surface area contributed by atoms with Gasteiger partial charge in [0.25, 0.3) is 5.91 Å². The molecule has 1 aromatic heterocycles. The first-order valence-electron chi connectivity index (χ1n) is 7.75. The van der Waals surface area contributed by atoms with Crippen LogP contribution >= 0.6 is 11.6 Å². The van der Waals surface area contributed by atoms with Gasteiger partial charge in [-0.1, -0.05) is 17.7 Å². The fourth-order valence-electron chi connectivity index (χ4n) is 2.50. The summed E-state index contributed by atoms with van der Waals surface area (Å²) in [4.78, 5) is 14.5. The van der Waals surface area contributed by atoms with E-state index >= 15 is 0 Å². The molecule has 6 heteroatoms. The lowest BCUT2D eigenvalue weighted by Gasteiger charge is -2.22. The van der Waals surface area contributed by atoms with Crippen molar-refractivity contribution in [2.45, 2.75) is 45.3 Å². The number of amides is 1. The van der Waals surface area contributed by atoms with Gasteiger partial charge in [0, 0.05) is 28.9 Å². The van der Waals surface area contributed by atoms with Crippen LogP contribution < -0.4 is 0 Å². The van der Waals surface area contributed by atoms with Crippen molar-refractivity contribution in [2.24, 2.45) is 0 Å². The number of rotatable bonds is 5. The molecule has 23 heavy (non-hydrogen) atoms. The summed E-state index contributed by atoms with van der Waals surface area (Å²) in [6, 6.07) is 4.92. The minimum absolute atomic E-state index is 0.126. The lowest BCUT2D eigenvalue weighted by atomic mass is 10.1. The lowest BCUT2D eigenvalue weighted by Crippen LogP contribution is -2.32. The number of carbonyl (C=O) groups excluding carboxylic acids is 1. The number of halogens is 2. The SMILES string of the molecule is CC(C)n1cc(C(=O)N(Cc2c(F)cccc2Cl)C2CC2)cn1. The van der Waals surface area contributed by atoms with Crippen LogP contribution in [0.1, 0.15) is 48.7 Å². The second-order valence-corrected chi connectivity index (χ2v) is 6.57. The molecule has 0 bridgehead atoms. The van der Waals surface area contributed by atoms with E-state index in [2.05, 4.69) is 5.10 Å². The zero-order chi connectivity index (χ0) is 16.6. The molecule has 1 aliphatic carbocycles. The van der Waals surface area contributed by atoms with Crippen molar-refractivity contribution in [1.29, 1.82) is 0 Å². The Kier molecular flexibility index (Phi) is 4.39. The van der Waals surface area contributed by atoms with Crippen LogP contribution in [0, 0.1) is 5.82 Å². The fourth-order valence-corrected chi connectivity index (χ4v) is 2.73. The van der Waals surface area contributed by atoms with E-state index in [1.807, 2.05) is 13.8 Å². The maximum absolute atomic E-state index is 14.0. The minimum Gasteiger partial charge on any atom is -0.331 e. The molecular weight excluding hydrogens is 317 g/mol. The van der Waals surface area contributed by atoms with E-state index in [4.69, 9.17) is 11.6 Å². The molecule has 0 saturated heterocycles. The summed E-state index contributed by atoms with van der Waals surface area (Å²) in [5, 5.41) is 4.56. The Morgan fingerprint density at radius 3 is 2.78 bits per heavy atom. The van der Waals surface area contributed by atoms with E-state index in [-0.39, 0.29) is 30.4 Å². The summed E-state index contributed by atoms with van der Waals surface area (Å²) in [6.07, 6.45) is 5.19. The monoisotopic (exact) mass is 335 g/mol. The second kappa shape index (κ2) is 6.32. The van der Waals surface area contributed by atoms with Crippen molar-refractivity contribution in [3.63, 3.8) is 0 Å². The van der Waals surface area contributed by atoms with Gasteiger partial charge >= 0.3 is 0 Å².